The van der Waals surface area contributed by atoms with E-state index in [1.165, 1.54) is 4.90 Å². The summed E-state index contributed by atoms with van der Waals surface area (Å²) in [5.41, 5.74) is 5.29. The van der Waals surface area contributed by atoms with Gasteiger partial charge < -0.3 is 20.8 Å². The molecule has 4 N–H and O–H groups in total. The third-order valence-corrected chi connectivity index (χ3v) is 11.0. The molecule has 0 aromatic heterocycles. The standard InChI is InChI=1S/C32H44N4O7/c1-7-31(8-2)9-10-36(15-31)14-17-13-20(37)22-18(24(17)34(3)4)11-16-12-19-25(35(5)6)27(39)23(30(33)42)29(41)32(19,43)28(40)21(16)26(22)38/h13,16,19,21,23,25,37,43H,7-12,14-15H2,1-6H3,(H2,33,42)/t16-,19-,21?,23?,25-,32-/m0/s1. The second-order valence-corrected chi connectivity index (χ2v) is 13.6. The van der Waals surface area contributed by atoms with Gasteiger partial charge in [0.15, 0.2) is 34.7 Å². The van der Waals surface area contributed by atoms with Gasteiger partial charge in [0, 0.05) is 38.8 Å². The second-order valence-electron chi connectivity index (χ2n) is 13.6. The van der Waals surface area contributed by atoms with E-state index in [1.54, 1.807) is 20.2 Å². The number of likely N-dealkylation sites (tertiary alicyclic amines) is 1. The number of anilines is 1. The molecule has 2 unspecified atom stereocenters. The van der Waals surface area contributed by atoms with Crippen molar-refractivity contribution in [2.75, 3.05) is 46.2 Å². The third kappa shape index (κ3) is 4.54. The van der Waals surface area contributed by atoms with Crippen LogP contribution in [0.15, 0.2) is 6.07 Å². The van der Waals surface area contributed by atoms with Crippen LogP contribution in [0.25, 0.3) is 0 Å². The SMILES string of the molecule is CCC1(CC)CCN(Cc2cc(O)c3c(c2N(C)C)C[C@H]2C[C@H]4[C@H](N(C)C)C(=O)C(C(N)=O)C(=O)[C@@]4(O)C(=O)C2C3=O)C1. The average molecular weight is 597 g/mol. The highest BCUT2D eigenvalue weighted by molar-refractivity contribution is 6.32. The number of aliphatic hydroxyl groups is 1. The number of fused-ring (bicyclic) bond motifs is 3. The number of amides is 1. The van der Waals surface area contributed by atoms with Gasteiger partial charge in [0.1, 0.15) is 5.75 Å². The molecule has 2 saturated carbocycles. The monoisotopic (exact) mass is 596 g/mol. The van der Waals surface area contributed by atoms with Crippen molar-refractivity contribution >= 4 is 34.7 Å². The molecule has 5 rings (SSSR count). The first-order chi connectivity index (χ1) is 20.1. The first kappa shape index (κ1) is 31.3. The van der Waals surface area contributed by atoms with Gasteiger partial charge in [-0.05, 0) is 81.3 Å². The van der Waals surface area contributed by atoms with E-state index in [0.717, 1.165) is 43.6 Å². The number of ketones is 4. The first-order valence-corrected chi connectivity index (χ1v) is 15.3. The fourth-order valence-corrected chi connectivity index (χ4v) is 8.64. The molecule has 234 valence electrons. The molecular formula is C32H44N4O7. The second kappa shape index (κ2) is 10.8. The van der Waals surface area contributed by atoms with E-state index in [4.69, 9.17) is 5.73 Å². The maximum absolute atomic E-state index is 14.1. The lowest BCUT2D eigenvalue weighted by Crippen LogP contribution is -2.74. The maximum atomic E-state index is 14.1. The lowest BCUT2D eigenvalue weighted by Gasteiger charge is -2.52. The number of aromatic hydroxyl groups is 1. The molecule has 0 spiro atoms. The Bertz CT molecular complexity index is 1400. The minimum absolute atomic E-state index is 0.0249. The van der Waals surface area contributed by atoms with Gasteiger partial charge in [-0.2, -0.15) is 0 Å². The molecule has 4 aliphatic rings. The minimum atomic E-state index is -2.72. The number of carbonyl (C=O) groups excluding carboxylic acids is 5. The number of nitrogens with two attached hydrogens (primary N) is 1. The third-order valence-electron chi connectivity index (χ3n) is 11.0. The Labute approximate surface area is 252 Å². The zero-order valence-electron chi connectivity index (χ0n) is 26.0. The summed E-state index contributed by atoms with van der Waals surface area (Å²) in [6.45, 7) is 6.92. The van der Waals surface area contributed by atoms with Gasteiger partial charge in [-0.1, -0.05) is 13.8 Å². The van der Waals surface area contributed by atoms with Gasteiger partial charge in [-0.15, -0.1) is 0 Å². The van der Waals surface area contributed by atoms with Crippen molar-refractivity contribution in [3.05, 3.63) is 22.8 Å². The van der Waals surface area contributed by atoms with Crippen molar-refractivity contribution in [1.29, 1.82) is 0 Å². The van der Waals surface area contributed by atoms with E-state index in [2.05, 4.69) is 18.7 Å². The average Bonchev–Trinajstić information content (AvgIpc) is 3.33. The van der Waals surface area contributed by atoms with Gasteiger partial charge in [0.05, 0.1) is 17.5 Å². The molecule has 3 aliphatic carbocycles. The number of hydrogen-bond acceptors (Lipinski definition) is 10. The highest BCUT2D eigenvalue weighted by atomic mass is 16.3. The summed E-state index contributed by atoms with van der Waals surface area (Å²) in [4.78, 5) is 72.9. The predicted molar refractivity (Wildman–Crippen MR) is 159 cm³/mol. The largest absolute Gasteiger partial charge is 0.507 e. The Hall–Kier alpha value is -3.15. The number of benzene rings is 1. The number of carbonyl (C=O) groups is 5. The predicted octanol–water partition coefficient (Wildman–Crippen LogP) is 0.945. The lowest BCUT2D eigenvalue weighted by molar-refractivity contribution is -0.181. The van der Waals surface area contributed by atoms with Crippen molar-refractivity contribution < 1.29 is 34.2 Å². The number of primary amides is 1. The zero-order valence-corrected chi connectivity index (χ0v) is 26.0. The highest BCUT2D eigenvalue weighted by Crippen LogP contribution is 2.52. The molecule has 6 atom stereocenters. The fourth-order valence-electron chi connectivity index (χ4n) is 8.64. The summed E-state index contributed by atoms with van der Waals surface area (Å²) in [6, 6.07) is 0.479. The van der Waals surface area contributed by atoms with Crippen LogP contribution >= 0.6 is 0 Å². The highest BCUT2D eigenvalue weighted by Gasteiger charge is 2.69. The first-order valence-electron chi connectivity index (χ1n) is 15.3. The Balaban J connectivity index is 1.58. The summed E-state index contributed by atoms with van der Waals surface area (Å²) in [5, 5.41) is 23.0. The molecule has 1 aliphatic heterocycles. The van der Waals surface area contributed by atoms with E-state index >= 15 is 0 Å². The van der Waals surface area contributed by atoms with E-state index in [1.807, 2.05) is 19.0 Å². The van der Waals surface area contributed by atoms with E-state index in [0.29, 0.717) is 12.1 Å². The van der Waals surface area contributed by atoms with E-state index in [9.17, 15) is 34.2 Å². The van der Waals surface area contributed by atoms with Crippen molar-refractivity contribution in [2.24, 2.45) is 34.8 Å². The fraction of sp³-hybridized carbons (Fsp3) is 0.656. The molecule has 0 bridgehead atoms. The number of hydrogen-bond donors (Lipinski definition) is 3. The van der Waals surface area contributed by atoms with Crippen molar-refractivity contribution in [3.8, 4) is 5.75 Å². The number of phenols is 1. The number of Topliss-reactive ketones (excluding diaryl/α,β-unsaturated/α-hetero) is 4. The van der Waals surface area contributed by atoms with Crippen molar-refractivity contribution in [3.63, 3.8) is 0 Å². The molecule has 1 aromatic carbocycles. The maximum Gasteiger partial charge on any atom is 0.235 e. The van der Waals surface area contributed by atoms with Crippen LogP contribution in [-0.4, -0.2) is 102 Å². The van der Waals surface area contributed by atoms with Crippen LogP contribution in [0, 0.1) is 29.1 Å². The number of phenolic OH excluding ortho intramolecular Hbond substituents is 1. The summed E-state index contributed by atoms with van der Waals surface area (Å²) in [5.74, 6) is -10.3. The molecule has 11 heteroatoms. The van der Waals surface area contributed by atoms with Gasteiger partial charge >= 0.3 is 0 Å². The van der Waals surface area contributed by atoms with Crippen LogP contribution < -0.4 is 10.6 Å². The Morgan fingerprint density at radius 3 is 2.28 bits per heavy atom. The number of rotatable bonds is 7. The van der Waals surface area contributed by atoms with Crippen LogP contribution in [0.1, 0.15) is 61.0 Å². The van der Waals surface area contributed by atoms with Crippen LogP contribution in [0.5, 0.6) is 5.75 Å². The molecule has 11 nitrogen and oxygen atoms in total. The normalized spacial score (nSPS) is 32.0. The molecular weight excluding hydrogens is 552 g/mol. The van der Waals surface area contributed by atoms with E-state index in [-0.39, 0.29) is 29.6 Å². The topological polar surface area (TPSA) is 162 Å². The molecule has 1 aromatic rings. The summed E-state index contributed by atoms with van der Waals surface area (Å²) in [7, 11) is 6.92. The molecule has 43 heavy (non-hydrogen) atoms. The lowest BCUT2D eigenvalue weighted by atomic mass is 9.52. The summed E-state index contributed by atoms with van der Waals surface area (Å²) < 4.78 is 0. The summed E-state index contributed by atoms with van der Waals surface area (Å²) in [6.07, 6.45) is 3.56. The van der Waals surface area contributed by atoms with Crippen LogP contribution in [0.4, 0.5) is 5.69 Å². The molecule has 1 saturated heterocycles. The van der Waals surface area contributed by atoms with Gasteiger partial charge in [-0.25, -0.2) is 0 Å². The van der Waals surface area contributed by atoms with Gasteiger partial charge in [-0.3, -0.25) is 33.8 Å². The van der Waals surface area contributed by atoms with Crippen LogP contribution in [0.2, 0.25) is 0 Å². The molecule has 1 heterocycles. The Kier molecular flexibility index (Phi) is 7.84. The van der Waals surface area contributed by atoms with Crippen LogP contribution in [0.3, 0.4) is 0 Å². The van der Waals surface area contributed by atoms with Crippen molar-refractivity contribution in [2.45, 2.75) is 64.1 Å². The zero-order chi connectivity index (χ0) is 31.8. The molecule has 1 amide bonds. The van der Waals surface area contributed by atoms with Crippen molar-refractivity contribution in [1.82, 2.24) is 9.80 Å². The molecule has 0 radical (unpaired) electrons. The Morgan fingerprint density at radius 1 is 1.09 bits per heavy atom. The smallest absolute Gasteiger partial charge is 0.235 e. The van der Waals surface area contributed by atoms with E-state index < -0.39 is 64.4 Å². The number of likely N-dealkylation sites (N-methyl/N-ethyl adjacent to an activating group) is 1. The summed E-state index contributed by atoms with van der Waals surface area (Å²) >= 11 is 0. The van der Waals surface area contributed by atoms with Gasteiger partial charge in [0.2, 0.25) is 5.91 Å². The minimum Gasteiger partial charge on any atom is -0.507 e. The van der Waals surface area contributed by atoms with Gasteiger partial charge in [0.25, 0.3) is 0 Å². The molecule has 3 fully saturated rings. The number of nitrogens with zero attached hydrogens (tertiary/aromatic N) is 3. The quantitative estimate of drug-likeness (QED) is 0.387. The Morgan fingerprint density at radius 2 is 1.74 bits per heavy atom. The van der Waals surface area contributed by atoms with Crippen LogP contribution in [-0.2, 0) is 32.1 Å².